The summed E-state index contributed by atoms with van der Waals surface area (Å²) in [5.74, 6) is -0.274. The molecule has 0 bridgehead atoms. The Bertz CT molecular complexity index is 391. The number of aromatic nitrogens is 1. The molecule has 17 heavy (non-hydrogen) atoms. The second-order valence-electron chi connectivity index (χ2n) is 4.28. The summed E-state index contributed by atoms with van der Waals surface area (Å²) >= 11 is 0. The lowest BCUT2D eigenvalue weighted by molar-refractivity contribution is -0.141. The predicted octanol–water partition coefficient (Wildman–Crippen LogP) is 0.728. The summed E-state index contributed by atoms with van der Waals surface area (Å²) in [6.07, 6.45) is 0.706. The Balaban J connectivity index is 1.86. The van der Waals surface area contributed by atoms with E-state index in [2.05, 4.69) is 10.1 Å². The second-order valence-corrected chi connectivity index (χ2v) is 4.28. The monoisotopic (exact) mass is 240 g/mol. The van der Waals surface area contributed by atoms with Crippen molar-refractivity contribution in [3.05, 3.63) is 17.5 Å². The Morgan fingerprint density at radius 1 is 1.76 bits per heavy atom. The Hall–Kier alpha value is -1.40. The largest absolute Gasteiger partial charge is 0.481 e. The molecule has 1 fully saturated rings. The van der Waals surface area contributed by atoms with Crippen LogP contribution in [0.1, 0.15) is 17.9 Å². The zero-order valence-electron chi connectivity index (χ0n) is 9.76. The van der Waals surface area contributed by atoms with Crippen LogP contribution in [-0.2, 0) is 22.7 Å². The van der Waals surface area contributed by atoms with Gasteiger partial charge in [0.15, 0.2) is 5.76 Å². The molecule has 1 aliphatic rings. The van der Waals surface area contributed by atoms with Crippen LogP contribution < -0.4 is 0 Å². The van der Waals surface area contributed by atoms with E-state index in [4.69, 9.17) is 14.4 Å². The number of hydrogen-bond donors (Lipinski definition) is 1. The summed E-state index contributed by atoms with van der Waals surface area (Å²) in [4.78, 5) is 12.9. The number of methoxy groups -OCH3 is 1. The lowest BCUT2D eigenvalue weighted by Gasteiger charge is -2.12. The first-order valence-electron chi connectivity index (χ1n) is 5.57. The van der Waals surface area contributed by atoms with Crippen LogP contribution in [0.2, 0.25) is 0 Å². The minimum atomic E-state index is -0.715. The van der Waals surface area contributed by atoms with Crippen molar-refractivity contribution in [2.24, 2.45) is 5.92 Å². The molecule has 94 valence electrons. The number of likely N-dealkylation sites (tertiary alicyclic amines) is 1. The van der Waals surface area contributed by atoms with Crippen LogP contribution >= 0.6 is 0 Å². The molecule has 1 aromatic heterocycles. The summed E-state index contributed by atoms with van der Waals surface area (Å²) in [6, 6.07) is 1.84. The quantitative estimate of drug-likeness (QED) is 0.817. The van der Waals surface area contributed by atoms with Crippen molar-refractivity contribution in [3.63, 3.8) is 0 Å². The highest BCUT2D eigenvalue weighted by Gasteiger charge is 2.28. The molecule has 2 heterocycles. The number of ether oxygens (including phenoxy) is 1. The zero-order chi connectivity index (χ0) is 12.3. The van der Waals surface area contributed by atoms with Crippen molar-refractivity contribution in [3.8, 4) is 0 Å². The first-order valence-corrected chi connectivity index (χ1v) is 5.57. The molecule has 0 spiro atoms. The van der Waals surface area contributed by atoms with E-state index in [1.807, 2.05) is 6.07 Å². The van der Waals surface area contributed by atoms with Gasteiger partial charge in [-0.25, -0.2) is 0 Å². The molecular weight excluding hydrogens is 224 g/mol. The van der Waals surface area contributed by atoms with E-state index in [0.717, 1.165) is 12.2 Å². The molecule has 1 aliphatic heterocycles. The van der Waals surface area contributed by atoms with Gasteiger partial charge < -0.3 is 14.4 Å². The SMILES string of the molecule is COCc1cc(CN2CCC(C(=O)O)C2)no1. The van der Waals surface area contributed by atoms with Gasteiger partial charge in [-0.05, 0) is 13.0 Å². The molecule has 0 saturated carbocycles. The van der Waals surface area contributed by atoms with Crippen LogP contribution in [0.3, 0.4) is 0 Å². The summed E-state index contributed by atoms with van der Waals surface area (Å²) in [5.41, 5.74) is 0.822. The van der Waals surface area contributed by atoms with E-state index < -0.39 is 5.97 Å². The second kappa shape index (κ2) is 5.29. The lowest BCUT2D eigenvalue weighted by Crippen LogP contribution is -2.22. The molecule has 1 aromatic rings. The van der Waals surface area contributed by atoms with Crippen LogP contribution in [0.4, 0.5) is 0 Å². The fourth-order valence-electron chi connectivity index (χ4n) is 2.05. The number of carboxylic acids is 1. The Labute approximate surface area is 99.1 Å². The van der Waals surface area contributed by atoms with Gasteiger partial charge >= 0.3 is 5.97 Å². The molecule has 1 unspecified atom stereocenters. The van der Waals surface area contributed by atoms with Crippen LogP contribution in [0.25, 0.3) is 0 Å². The third-order valence-electron chi connectivity index (χ3n) is 2.90. The zero-order valence-corrected chi connectivity index (χ0v) is 9.76. The van der Waals surface area contributed by atoms with Crippen molar-refractivity contribution in [1.29, 1.82) is 0 Å². The van der Waals surface area contributed by atoms with Gasteiger partial charge in [-0.15, -0.1) is 0 Å². The molecule has 1 saturated heterocycles. The van der Waals surface area contributed by atoms with Crippen molar-refractivity contribution < 1.29 is 19.2 Å². The predicted molar refractivity (Wildman–Crippen MR) is 58.2 cm³/mol. The minimum absolute atomic E-state index is 0.250. The van der Waals surface area contributed by atoms with E-state index in [9.17, 15) is 4.79 Å². The van der Waals surface area contributed by atoms with Gasteiger partial charge in [0.1, 0.15) is 6.61 Å². The molecule has 6 heteroatoms. The molecule has 1 N–H and O–H groups in total. The van der Waals surface area contributed by atoms with Crippen molar-refractivity contribution in [2.45, 2.75) is 19.6 Å². The molecular formula is C11H16N2O4. The molecule has 1 atom stereocenters. The lowest BCUT2D eigenvalue weighted by atomic mass is 10.1. The molecule has 0 aliphatic carbocycles. The summed E-state index contributed by atoms with van der Waals surface area (Å²) in [7, 11) is 1.60. The van der Waals surface area contributed by atoms with Crippen molar-refractivity contribution in [1.82, 2.24) is 10.1 Å². The molecule has 0 amide bonds. The van der Waals surface area contributed by atoms with Crippen LogP contribution in [0.15, 0.2) is 10.6 Å². The van der Waals surface area contributed by atoms with Gasteiger partial charge in [-0.2, -0.15) is 0 Å². The van der Waals surface area contributed by atoms with Gasteiger partial charge in [-0.1, -0.05) is 5.16 Å². The number of aliphatic carboxylic acids is 1. The van der Waals surface area contributed by atoms with E-state index >= 15 is 0 Å². The van der Waals surface area contributed by atoms with Gasteiger partial charge in [0.2, 0.25) is 0 Å². The average Bonchev–Trinajstić information content (AvgIpc) is 2.89. The van der Waals surface area contributed by atoms with E-state index in [-0.39, 0.29) is 5.92 Å². The Kier molecular flexibility index (Phi) is 3.75. The molecule has 0 radical (unpaired) electrons. The third-order valence-corrected chi connectivity index (χ3v) is 2.90. The normalized spacial score (nSPS) is 20.9. The summed E-state index contributed by atoms with van der Waals surface area (Å²) in [5, 5.41) is 12.8. The number of carbonyl (C=O) groups is 1. The summed E-state index contributed by atoms with van der Waals surface area (Å²) < 4.78 is 10.0. The standard InChI is InChI=1S/C11H16N2O4/c1-16-7-10-4-9(12-17-10)6-13-3-2-8(5-13)11(14)15/h4,8H,2-3,5-7H2,1H3,(H,14,15). The first kappa shape index (κ1) is 12.1. The summed E-state index contributed by atoms with van der Waals surface area (Å²) in [6.45, 7) is 2.42. The maximum atomic E-state index is 10.8. The topological polar surface area (TPSA) is 75.8 Å². The fraction of sp³-hybridized carbons (Fsp3) is 0.636. The van der Waals surface area contributed by atoms with Gasteiger partial charge in [-0.3, -0.25) is 9.69 Å². The fourth-order valence-corrected chi connectivity index (χ4v) is 2.05. The molecule has 2 rings (SSSR count). The highest BCUT2D eigenvalue weighted by Crippen LogP contribution is 2.18. The van der Waals surface area contributed by atoms with E-state index in [0.29, 0.717) is 31.9 Å². The first-order chi connectivity index (χ1) is 8.19. The molecule has 6 nitrogen and oxygen atoms in total. The average molecular weight is 240 g/mol. The van der Waals surface area contributed by atoms with Gasteiger partial charge in [0.25, 0.3) is 0 Å². The Morgan fingerprint density at radius 2 is 2.59 bits per heavy atom. The number of nitrogens with zero attached hydrogens (tertiary/aromatic N) is 2. The van der Waals surface area contributed by atoms with Gasteiger partial charge in [0.05, 0.1) is 11.6 Å². The molecule has 0 aromatic carbocycles. The maximum absolute atomic E-state index is 10.8. The van der Waals surface area contributed by atoms with Gasteiger partial charge in [0, 0.05) is 26.3 Å². The number of hydrogen-bond acceptors (Lipinski definition) is 5. The van der Waals surface area contributed by atoms with Crippen molar-refractivity contribution >= 4 is 5.97 Å². The number of carboxylic acid groups (broad SMARTS) is 1. The van der Waals surface area contributed by atoms with E-state index in [1.165, 1.54) is 0 Å². The van der Waals surface area contributed by atoms with Crippen molar-refractivity contribution in [2.75, 3.05) is 20.2 Å². The Morgan fingerprint density at radius 3 is 3.24 bits per heavy atom. The van der Waals surface area contributed by atoms with E-state index in [1.54, 1.807) is 7.11 Å². The van der Waals surface area contributed by atoms with Crippen LogP contribution in [-0.4, -0.2) is 41.3 Å². The smallest absolute Gasteiger partial charge is 0.307 e. The highest BCUT2D eigenvalue weighted by molar-refractivity contribution is 5.70. The number of rotatable bonds is 5. The highest BCUT2D eigenvalue weighted by atomic mass is 16.5. The maximum Gasteiger partial charge on any atom is 0.307 e. The third kappa shape index (κ3) is 3.04. The van der Waals surface area contributed by atoms with Crippen LogP contribution in [0, 0.1) is 5.92 Å². The van der Waals surface area contributed by atoms with Crippen LogP contribution in [0.5, 0.6) is 0 Å². The minimum Gasteiger partial charge on any atom is -0.481 e.